The molecule has 0 spiro atoms. The Balaban J connectivity index is 2.05. The molecule has 19 heavy (non-hydrogen) atoms. The smallest absolute Gasteiger partial charge is 0.376 e. The van der Waals surface area contributed by atoms with Crippen molar-refractivity contribution in [3.63, 3.8) is 0 Å². The van der Waals surface area contributed by atoms with Gasteiger partial charge in [0, 0.05) is 0 Å². The Labute approximate surface area is 112 Å². The van der Waals surface area contributed by atoms with Crippen LogP contribution in [-0.2, 0) is 9.78 Å². The van der Waals surface area contributed by atoms with Crippen molar-refractivity contribution in [2.45, 2.75) is 25.7 Å². The molecule has 103 valence electrons. The minimum Gasteiger partial charge on any atom is -0.493 e. The summed E-state index contributed by atoms with van der Waals surface area (Å²) in [6, 6.07) is 5.01. The highest BCUT2D eigenvalue weighted by Gasteiger charge is 2.23. The van der Waals surface area contributed by atoms with Crippen molar-refractivity contribution in [1.29, 1.82) is 0 Å². The van der Waals surface area contributed by atoms with E-state index < -0.39 is 5.97 Å². The molecule has 1 aliphatic carbocycles. The third kappa shape index (κ3) is 3.17. The van der Waals surface area contributed by atoms with Crippen LogP contribution >= 0.6 is 0 Å². The van der Waals surface area contributed by atoms with Crippen LogP contribution in [0.3, 0.4) is 0 Å². The Kier molecular flexibility index (Phi) is 4.63. The summed E-state index contributed by atoms with van der Waals surface area (Å²) in [5.41, 5.74) is 0.278. The molecule has 5 heteroatoms. The van der Waals surface area contributed by atoms with Crippen molar-refractivity contribution in [3.8, 4) is 11.5 Å². The first-order valence-electron chi connectivity index (χ1n) is 6.20. The van der Waals surface area contributed by atoms with E-state index >= 15 is 0 Å². The second-order valence-corrected chi connectivity index (χ2v) is 4.24. The van der Waals surface area contributed by atoms with Crippen molar-refractivity contribution >= 4 is 5.97 Å². The number of hydrogen-bond acceptors (Lipinski definition) is 5. The number of carbonyl (C=O) groups excluding carboxylic acids is 1. The van der Waals surface area contributed by atoms with Crippen molar-refractivity contribution in [3.05, 3.63) is 29.9 Å². The van der Waals surface area contributed by atoms with E-state index in [4.69, 9.17) is 19.2 Å². The van der Waals surface area contributed by atoms with E-state index in [0.717, 1.165) is 31.8 Å². The minimum atomic E-state index is -0.588. The Morgan fingerprint density at radius 1 is 1.11 bits per heavy atom. The monoisotopic (exact) mass is 265 g/mol. The SMILES string of the molecule is COc1cccc(C(=O)OO[C]2CCCC2)c1OC. The van der Waals surface area contributed by atoms with Gasteiger partial charge < -0.3 is 9.47 Å². The van der Waals surface area contributed by atoms with Gasteiger partial charge in [-0.3, -0.25) is 4.89 Å². The van der Waals surface area contributed by atoms with Gasteiger partial charge in [0.05, 0.1) is 14.2 Å². The van der Waals surface area contributed by atoms with E-state index in [-0.39, 0.29) is 5.56 Å². The summed E-state index contributed by atoms with van der Waals surface area (Å²) < 4.78 is 10.3. The fourth-order valence-corrected chi connectivity index (χ4v) is 2.04. The predicted octanol–water partition coefficient (Wildman–Crippen LogP) is 2.90. The minimum absolute atomic E-state index is 0.278. The molecule has 1 fully saturated rings. The molecule has 1 radical (unpaired) electrons. The first-order valence-corrected chi connectivity index (χ1v) is 6.20. The van der Waals surface area contributed by atoms with Crippen LogP contribution in [0.4, 0.5) is 0 Å². The first kappa shape index (κ1) is 13.7. The highest BCUT2D eigenvalue weighted by Crippen LogP contribution is 2.32. The van der Waals surface area contributed by atoms with Crippen LogP contribution < -0.4 is 9.47 Å². The van der Waals surface area contributed by atoms with Crippen LogP contribution in [0.5, 0.6) is 11.5 Å². The highest BCUT2D eigenvalue weighted by atomic mass is 17.2. The van der Waals surface area contributed by atoms with Crippen LogP contribution in [0.1, 0.15) is 36.0 Å². The summed E-state index contributed by atoms with van der Waals surface area (Å²) >= 11 is 0. The first-order chi connectivity index (χ1) is 9.26. The maximum atomic E-state index is 12.0. The number of ether oxygens (including phenoxy) is 2. The van der Waals surface area contributed by atoms with Crippen LogP contribution in [0.15, 0.2) is 18.2 Å². The lowest BCUT2D eigenvalue weighted by molar-refractivity contribution is -0.234. The zero-order valence-electron chi connectivity index (χ0n) is 11.1. The summed E-state index contributed by atoms with van der Waals surface area (Å²) in [6.07, 6.45) is 4.67. The normalized spacial score (nSPS) is 15.3. The Bertz CT molecular complexity index is 437. The van der Waals surface area contributed by atoms with E-state index in [2.05, 4.69) is 0 Å². The van der Waals surface area contributed by atoms with Crippen LogP contribution in [0.2, 0.25) is 0 Å². The fraction of sp³-hybridized carbons (Fsp3) is 0.429. The van der Waals surface area contributed by atoms with Gasteiger partial charge in [0.2, 0.25) is 0 Å². The largest absolute Gasteiger partial charge is 0.493 e. The zero-order chi connectivity index (χ0) is 13.7. The molecule has 1 aromatic carbocycles. The molecule has 1 aliphatic rings. The van der Waals surface area contributed by atoms with Gasteiger partial charge in [-0.1, -0.05) is 18.9 Å². The van der Waals surface area contributed by atoms with Crippen molar-refractivity contribution in [2.24, 2.45) is 0 Å². The molecule has 0 unspecified atom stereocenters. The molecular weight excluding hydrogens is 248 g/mol. The summed E-state index contributed by atoms with van der Waals surface area (Å²) in [7, 11) is 2.99. The standard InChI is InChI=1S/C14H17O5/c1-16-12-9-5-8-11(13(12)17-2)14(15)19-18-10-6-3-4-7-10/h5,8-9H,3-4,6-7H2,1-2H3. The third-order valence-electron chi connectivity index (χ3n) is 3.02. The quantitative estimate of drug-likeness (QED) is 0.605. The fourth-order valence-electron chi connectivity index (χ4n) is 2.04. The van der Waals surface area contributed by atoms with Crippen molar-refractivity contribution in [1.82, 2.24) is 0 Å². The summed E-state index contributed by atoms with van der Waals surface area (Å²) in [5.74, 6) is 0.232. The molecule has 0 aromatic heterocycles. The number of rotatable bonds is 5. The lowest BCUT2D eigenvalue weighted by Crippen LogP contribution is -2.10. The van der Waals surface area contributed by atoms with Crippen LogP contribution in [0.25, 0.3) is 0 Å². The van der Waals surface area contributed by atoms with Gasteiger partial charge in [-0.2, -0.15) is 4.89 Å². The van der Waals surface area contributed by atoms with Gasteiger partial charge in [-0.15, -0.1) is 0 Å². The van der Waals surface area contributed by atoms with Gasteiger partial charge in [-0.05, 0) is 25.0 Å². The molecule has 2 rings (SSSR count). The van der Waals surface area contributed by atoms with Crippen molar-refractivity contribution < 1.29 is 24.0 Å². The van der Waals surface area contributed by atoms with E-state index in [1.807, 2.05) is 0 Å². The average molecular weight is 265 g/mol. The van der Waals surface area contributed by atoms with Gasteiger partial charge >= 0.3 is 5.97 Å². The second-order valence-electron chi connectivity index (χ2n) is 4.24. The lowest BCUT2D eigenvalue weighted by Gasteiger charge is -2.12. The van der Waals surface area contributed by atoms with E-state index in [0.29, 0.717) is 11.5 Å². The van der Waals surface area contributed by atoms with Gasteiger partial charge in [0.25, 0.3) is 0 Å². The molecule has 5 nitrogen and oxygen atoms in total. The maximum Gasteiger partial charge on any atom is 0.376 e. The van der Waals surface area contributed by atoms with E-state index in [9.17, 15) is 4.79 Å². The zero-order valence-corrected chi connectivity index (χ0v) is 11.1. The molecule has 0 bridgehead atoms. The molecule has 1 aromatic rings. The third-order valence-corrected chi connectivity index (χ3v) is 3.02. The molecule has 0 N–H and O–H groups in total. The Hall–Kier alpha value is -1.75. The number of para-hydroxylation sites is 1. The molecule has 0 heterocycles. The second kappa shape index (κ2) is 6.43. The van der Waals surface area contributed by atoms with Gasteiger partial charge in [0.1, 0.15) is 11.7 Å². The summed E-state index contributed by atoms with van der Waals surface area (Å²) in [4.78, 5) is 21.9. The number of methoxy groups -OCH3 is 2. The Morgan fingerprint density at radius 2 is 1.84 bits per heavy atom. The molecule has 0 amide bonds. The van der Waals surface area contributed by atoms with E-state index in [1.165, 1.54) is 14.2 Å². The average Bonchev–Trinajstić information content (AvgIpc) is 2.97. The number of hydrogen-bond donors (Lipinski definition) is 0. The maximum absolute atomic E-state index is 12.0. The van der Waals surface area contributed by atoms with Crippen molar-refractivity contribution in [2.75, 3.05) is 14.2 Å². The molecule has 0 aliphatic heterocycles. The highest BCUT2D eigenvalue weighted by molar-refractivity contribution is 5.93. The van der Waals surface area contributed by atoms with Crippen LogP contribution in [0, 0.1) is 6.10 Å². The summed E-state index contributed by atoms with van der Waals surface area (Å²) in [6.45, 7) is 0. The van der Waals surface area contributed by atoms with E-state index in [1.54, 1.807) is 18.2 Å². The number of carbonyl (C=O) groups is 1. The predicted molar refractivity (Wildman–Crippen MR) is 67.8 cm³/mol. The molecule has 1 saturated carbocycles. The van der Waals surface area contributed by atoms with Gasteiger partial charge in [-0.25, -0.2) is 4.79 Å². The van der Waals surface area contributed by atoms with Gasteiger partial charge in [0.15, 0.2) is 11.5 Å². The summed E-state index contributed by atoms with van der Waals surface area (Å²) in [5, 5.41) is 0. The number of benzene rings is 1. The van der Waals surface area contributed by atoms with Crippen LogP contribution in [-0.4, -0.2) is 20.2 Å². The molecule has 0 atom stereocenters. The topological polar surface area (TPSA) is 54.0 Å². The molecular formula is C14H17O5. The Morgan fingerprint density at radius 3 is 2.47 bits per heavy atom. The lowest BCUT2D eigenvalue weighted by atomic mass is 10.2. The molecule has 0 saturated heterocycles.